The van der Waals surface area contributed by atoms with Gasteiger partial charge in [0.15, 0.2) is 0 Å². The molecule has 1 aromatic rings. The van der Waals surface area contributed by atoms with Crippen LogP contribution >= 0.6 is 11.6 Å². The van der Waals surface area contributed by atoms with E-state index in [9.17, 15) is 5.11 Å². The van der Waals surface area contributed by atoms with Crippen molar-refractivity contribution >= 4 is 11.6 Å². The van der Waals surface area contributed by atoms with E-state index in [1.165, 1.54) is 0 Å². The highest BCUT2D eigenvalue weighted by atomic mass is 35.5. The molecule has 1 aromatic carbocycles. The van der Waals surface area contributed by atoms with Crippen molar-refractivity contribution in [2.24, 2.45) is 0 Å². The summed E-state index contributed by atoms with van der Waals surface area (Å²) in [5, 5.41) is 10.2. The second-order valence-electron chi connectivity index (χ2n) is 3.03. The fourth-order valence-corrected chi connectivity index (χ4v) is 1.51. The highest BCUT2D eigenvalue weighted by molar-refractivity contribution is 6.30. The van der Waals surface area contributed by atoms with Crippen molar-refractivity contribution in [1.29, 1.82) is 0 Å². The molecule has 72 valence electrons. The molecule has 0 amide bonds. The van der Waals surface area contributed by atoms with E-state index in [2.05, 4.69) is 0 Å². The molecule has 0 aliphatic heterocycles. The molecule has 0 aliphatic carbocycles. The van der Waals surface area contributed by atoms with Crippen molar-refractivity contribution in [1.82, 2.24) is 0 Å². The number of rotatable bonds is 3. The van der Waals surface area contributed by atoms with Gasteiger partial charge in [0.05, 0.1) is 6.61 Å². The van der Waals surface area contributed by atoms with E-state index >= 15 is 0 Å². The average Bonchev–Trinajstić information content (AvgIpc) is 2.03. The monoisotopic (exact) mass is 200 g/mol. The van der Waals surface area contributed by atoms with Crippen molar-refractivity contribution in [2.75, 3.05) is 13.7 Å². The molecule has 0 saturated carbocycles. The van der Waals surface area contributed by atoms with E-state index < -0.39 is 6.10 Å². The summed E-state index contributed by atoms with van der Waals surface area (Å²) in [5.74, 6) is 0. The lowest BCUT2D eigenvalue weighted by Crippen LogP contribution is -2.05. The molecule has 0 saturated heterocycles. The summed E-state index contributed by atoms with van der Waals surface area (Å²) < 4.78 is 4.84. The van der Waals surface area contributed by atoms with Crippen LogP contribution in [0.2, 0.25) is 5.02 Å². The molecule has 1 unspecified atom stereocenters. The predicted molar refractivity (Wildman–Crippen MR) is 53.0 cm³/mol. The minimum Gasteiger partial charge on any atom is -0.386 e. The zero-order valence-electron chi connectivity index (χ0n) is 7.75. The maximum atomic E-state index is 9.59. The van der Waals surface area contributed by atoms with Gasteiger partial charge in [0.1, 0.15) is 6.10 Å². The molecule has 3 heteroatoms. The quantitative estimate of drug-likeness (QED) is 0.812. The molecule has 0 spiro atoms. The highest BCUT2D eigenvalue weighted by Gasteiger charge is 2.07. The first-order chi connectivity index (χ1) is 6.13. The average molecular weight is 201 g/mol. The van der Waals surface area contributed by atoms with Crippen LogP contribution in [0.5, 0.6) is 0 Å². The lowest BCUT2D eigenvalue weighted by Gasteiger charge is -2.10. The number of ether oxygens (including phenoxy) is 1. The normalized spacial score (nSPS) is 12.9. The number of aliphatic hydroxyl groups excluding tert-OH is 1. The number of hydrogen-bond donors (Lipinski definition) is 1. The maximum Gasteiger partial charge on any atom is 0.102 e. The summed E-state index contributed by atoms with van der Waals surface area (Å²) in [4.78, 5) is 0. The van der Waals surface area contributed by atoms with Gasteiger partial charge in [0.2, 0.25) is 0 Å². The van der Waals surface area contributed by atoms with E-state index in [4.69, 9.17) is 16.3 Å². The lowest BCUT2D eigenvalue weighted by atomic mass is 10.1. The first-order valence-corrected chi connectivity index (χ1v) is 4.45. The first-order valence-electron chi connectivity index (χ1n) is 4.07. The summed E-state index contributed by atoms with van der Waals surface area (Å²) in [6.45, 7) is 2.23. The second-order valence-corrected chi connectivity index (χ2v) is 3.47. The van der Waals surface area contributed by atoms with Gasteiger partial charge in [0, 0.05) is 12.1 Å². The number of benzene rings is 1. The van der Waals surface area contributed by atoms with Crippen LogP contribution in [0.25, 0.3) is 0 Å². The third-order valence-corrected chi connectivity index (χ3v) is 1.99. The van der Waals surface area contributed by atoms with Crippen molar-refractivity contribution in [2.45, 2.75) is 13.0 Å². The second kappa shape index (κ2) is 4.61. The van der Waals surface area contributed by atoms with Gasteiger partial charge in [0.25, 0.3) is 0 Å². The molecule has 1 rings (SSSR count). The molecule has 13 heavy (non-hydrogen) atoms. The van der Waals surface area contributed by atoms with Crippen LogP contribution in [0.3, 0.4) is 0 Å². The van der Waals surface area contributed by atoms with Crippen molar-refractivity contribution in [3.8, 4) is 0 Å². The Bertz CT molecular complexity index is 266. The smallest absolute Gasteiger partial charge is 0.102 e. The van der Waals surface area contributed by atoms with Crippen LogP contribution in [0.4, 0.5) is 0 Å². The molecule has 1 atom stereocenters. The molecule has 1 N–H and O–H groups in total. The van der Waals surface area contributed by atoms with E-state index in [0.717, 1.165) is 11.1 Å². The first kappa shape index (κ1) is 10.5. The van der Waals surface area contributed by atoms with Crippen LogP contribution < -0.4 is 0 Å². The maximum absolute atomic E-state index is 9.59. The van der Waals surface area contributed by atoms with E-state index in [0.29, 0.717) is 11.6 Å². The molecule has 0 aliphatic rings. The third-order valence-electron chi connectivity index (χ3n) is 1.77. The fraction of sp³-hybridized carbons (Fsp3) is 0.400. The Hall–Kier alpha value is -0.570. The van der Waals surface area contributed by atoms with Gasteiger partial charge in [-0.3, -0.25) is 0 Å². The van der Waals surface area contributed by atoms with E-state index in [1.54, 1.807) is 13.2 Å². The van der Waals surface area contributed by atoms with Gasteiger partial charge in [-0.1, -0.05) is 17.7 Å². The molecule has 2 nitrogen and oxygen atoms in total. The minimum atomic E-state index is -0.595. The van der Waals surface area contributed by atoms with Crippen molar-refractivity contribution < 1.29 is 9.84 Å². The highest BCUT2D eigenvalue weighted by Crippen LogP contribution is 2.20. The Labute approximate surface area is 83.1 Å². The minimum absolute atomic E-state index is 0.291. The van der Waals surface area contributed by atoms with Crippen LogP contribution in [0.15, 0.2) is 18.2 Å². The zero-order chi connectivity index (χ0) is 9.84. The molecular formula is C10H13ClO2. The van der Waals surface area contributed by atoms with Gasteiger partial charge < -0.3 is 9.84 Å². The van der Waals surface area contributed by atoms with Crippen molar-refractivity contribution in [3.63, 3.8) is 0 Å². The number of aliphatic hydroxyl groups is 1. The topological polar surface area (TPSA) is 29.5 Å². The molecule has 0 aromatic heterocycles. The molecule has 0 fully saturated rings. The molecule has 0 radical (unpaired) electrons. The zero-order valence-corrected chi connectivity index (χ0v) is 8.51. The third kappa shape index (κ3) is 2.99. The molecule has 0 heterocycles. The predicted octanol–water partition coefficient (Wildman–Crippen LogP) is 2.33. The Kier molecular flexibility index (Phi) is 3.72. The van der Waals surface area contributed by atoms with Crippen LogP contribution in [0.1, 0.15) is 17.2 Å². The Morgan fingerprint density at radius 1 is 1.46 bits per heavy atom. The van der Waals surface area contributed by atoms with Gasteiger partial charge in [-0.05, 0) is 30.2 Å². The number of hydrogen-bond acceptors (Lipinski definition) is 2. The van der Waals surface area contributed by atoms with Crippen LogP contribution in [-0.2, 0) is 4.74 Å². The van der Waals surface area contributed by atoms with E-state index in [1.807, 2.05) is 19.1 Å². The lowest BCUT2D eigenvalue weighted by molar-refractivity contribution is 0.0644. The number of methoxy groups -OCH3 is 1. The van der Waals surface area contributed by atoms with Crippen LogP contribution in [-0.4, -0.2) is 18.8 Å². The number of aryl methyl sites for hydroxylation is 1. The molecule has 0 bridgehead atoms. The fourth-order valence-electron chi connectivity index (χ4n) is 1.21. The van der Waals surface area contributed by atoms with E-state index in [-0.39, 0.29) is 0 Å². The van der Waals surface area contributed by atoms with Gasteiger partial charge in [-0.15, -0.1) is 0 Å². The summed E-state index contributed by atoms with van der Waals surface area (Å²) in [6.07, 6.45) is -0.595. The number of halogens is 1. The summed E-state index contributed by atoms with van der Waals surface area (Å²) in [7, 11) is 1.56. The van der Waals surface area contributed by atoms with Crippen LogP contribution in [0, 0.1) is 6.92 Å². The largest absolute Gasteiger partial charge is 0.386 e. The Balaban J connectivity index is 2.87. The van der Waals surface area contributed by atoms with Gasteiger partial charge in [-0.25, -0.2) is 0 Å². The van der Waals surface area contributed by atoms with Gasteiger partial charge in [-0.2, -0.15) is 0 Å². The van der Waals surface area contributed by atoms with Gasteiger partial charge >= 0.3 is 0 Å². The molecular weight excluding hydrogens is 188 g/mol. The summed E-state index contributed by atoms with van der Waals surface area (Å²) in [5.41, 5.74) is 1.84. The standard InChI is InChI=1S/C10H13ClO2/c1-7-3-8(5-9(11)4-7)10(12)6-13-2/h3-5,10,12H,6H2,1-2H3. The summed E-state index contributed by atoms with van der Waals surface area (Å²) in [6, 6.07) is 5.50. The van der Waals surface area contributed by atoms with Crippen molar-refractivity contribution in [3.05, 3.63) is 34.3 Å². The Morgan fingerprint density at radius 3 is 2.69 bits per heavy atom. The summed E-state index contributed by atoms with van der Waals surface area (Å²) >= 11 is 5.84. The SMILES string of the molecule is COCC(O)c1cc(C)cc(Cl)c1. The Morgan fingerprint density at radius 2 is 2.15 bits per heavy atom.